The van der Waals surface area contributed by atoms with Crippen LogP contribution in [0.15, 0.2) is 54.6 Å². The summed E-state index contributed by atoms with van der Waals surface area (Å²) in [5.74, 6) is 0. The number of hydrogen-bond donors (Lipinski definition) is 0. The van der Waals surface area contributed by atoms with Crippen molar-refractivity contribution in [3.63, 3.8) is 0 Å². The number of rotatable bonds is 1. The van der Waals surface area contributed by atoms with E-state index >= 15 is 0 Å². The second kappa shape index (κ2) is 5.22. The van der Waals surface area contributed by atoms with Crippen LogP contribution >= 0.6 is 0 Å². The Hall–Kier alpha value is -2.10. The van der Waals surface area contributed by atoms with Crippen molar-refractivity contribution >= 4 is 23.4 Å². The molecule has 0 unspecified atom stereocenters. The molecule has 3 aromatic rings. The van der Waals surface area contributed by atoms with Crippen molar-refractivity contribution in [2.45, 2.75) is 45.3 Å². The zero-order valence-corrected chi connectivity index (χ0v) is 15.8. The molecule has 0 amide bonds. The maximum atomic E-state index is 6.25. The van der Waals surface area contributed by atoms with E-state index in [1.54, 1.807) is 0 Å². The molecular weight excluding hydrogens is 319 g/mol. The smallest absolute Gasteiger partial charge is 0.399 e. The molecule has 0 saturated carbocycles. The van der Waals surface area contributed by atoms with E-state index < -0.39 is 0 Å². The van der Waals surface area contributed by atoms with E-state index in [1.165, 1.54) is 33.0 Å². The first-order valence-corrected chi connectivity index (χ1v) is 9.35. The molecule has 0 N–H and O–H groups in total. The first-order chi connectivity index (χ1) is 12.3. The van der Waals surface area contributed by atoms with Crippen molar-refractivity contribution in [3.05, 3.63) is 65.7 Å². The van der Waals surface area contributed by atoms with Gasteiger partial charge in [0.05, 0.1) is 11.2 Å². The Morgan fingerprint density at radius 2 is 1.35 bits per heavy atom. The molecule has 0 bridgehead atoms. The summed E-state index contributed by atoms with van der Waals surface area (Å²) in [7, 11) is -0.310. The largest absolute Gasteiger partial charge is 0.494 e. The Morgan fingerprint density at radius 3 is 2.04 bits per heavy atom. The molecule has 1 heterocycles. The van der Waals surface area contributed by atoms with Crippen LogP contribution in [0, 0.1) is 0 Å². The van der Waals surface area contributed by atoms with E-state index in [1.807, 2.05) is 0 Å². The van der Waals surface area contributed by atoms with Crippen molar-refractivity contribution in [3.8, 4) is 11.1 Å². The van der Waals surface area contributed by atoms with Gasteiger partial charge in [0.25, 0.3) is 0 Å². The lowest BCUT2D eigenvalue weighted by molar-refractivity contribution is 0.00578. The monoisotopic (exact) mass is 342 g/mol. The van der Waals surface area contributed by atoms with E-state index in [9.17, 15) is 0 Å². The summed E-state index contributed by atoms with van der Waals surface area (Å²) in [6.07, 6.45) is 0.999. The molecule has 1 fully saturated rings. The van der Waals surface area contributed by atoms with Crippen LogP contribution in [-0.4, -0.2) is 18.3 Å². The number of fused-ring (bicyclic) bond motifs is 4. The second-order valence-corrected chi connectivity index (χ2v) is 8.54. The van der Waals surface area contributed by atoms with Gasteiger partial charge in [0.15, 0.2) is 0 Å². The van der Waals surface area contributed by atoms with Crippen LogP contribution in [0.3, 0.4) is 0 Å². The summed E-state index contributed by atoms with van der Waals surface area (Å²) >= 11 is 0. The molecule has 1 saturated heterocycles. The quantitative estimate of drug-likeness (QED) is 0.467. The zero-order chi connectivity index (χ0) is 18.1. The molecule has 3 aromatic carbocycles. The third kappa shape index (κ3) is 2.27. The minimum atomic E-state index is -0.315. The highest BCUT2D eigenvalue weighted by Crippen LogP contribution is 2.40. The first-order valence-electron chi connectivity index (χ1n) is 9.35. The average Bonchev–Trinajstić information content (AvgIpc) is 3.05. The summed E-state index contributed by atoms with van der Waals surface area (Å²) in [4.78, 5) is 0. The Bertz CT molecular complexity index is 1020. The van der Waals surface area contributed by atoms with Gasteiger partial charge in [-0.25, -0.2) is 0 Å². The molecule has 5 rings (SSSR count). The average molecular weight is 342 g/mol. The van der Waals surface area contributed by atoms with Gasteiger partial charge in [-0.05, 0) is 78.7 Å². The Balaban J connectivity index is 1.58. The molecule has 1 aliphatic heterocycles. The van der Waals surface area contributed by atoms with Gasteiger partial charge in [-0.1, -0.05) is 48.5 Å². The van der Waals surface area contributed by atoms with E-state index in [0.29, 0.717) is 0 Å². The van der Waals surface area contributed by atoms with E-state index in [2.05, 4.69) is 82.3 Å². The number of hydrogen-bond acceptors (Lipinski definition) is 2. The van der Waals surface area contributed by atoms with Crippen molar-refractivity contribution in [2.75, 3.05) is 0 Å². The topological polar surface area (TPSA) is 18.5 Å². The molecular formula is C23H23BO2. The van der Waals surface area contributed by atoms with Crippen LogP contribution < -0.4 is 5.46 Å². The number of benzene rings is 3. The Labute approximate surface area is 155 Å². The molecule has 130 valence electrons. The minimum Gasteiger partial charge on any atom is -0.399 e. The normalized spacial score (nSPS) is 19.6. The van der Waals surface area contributed by atoms with Crippen molar-refractivity contribution in [2.24, 2.45) is 0 Å². The molecule has 0 spiro atoms. The molecule has 0 atom stereocenters. The molecule has 0 aromatic heterocycles. The fourth-order valence-corrected chi connectivity index (χ4v) is 4.01. The molecule has 2 nitrogen and oxygen atoms in total. The molecule has 26 heavy (non-hydrogen) atoms. The van der Waals surface area contributed by atoms with Gasteiger partial charge in [-0.3, -0.25) is 0 Å². The fraction of sp³-hybridized carbons (Fsp3) is 0.304. The molecule has 0 radical (unpaired) electrons. The lowest BCUT2D eigenvalue weighted by atomic mass is 9.77. The summed E-state index contributed by atoms with van der Waals surface area (Å²) < 4.78 is 12.5. The summed E-state index contributed by atoms with van der Waals surface area (Å²) in [6, 6.07) is 19.9. The molecule has 3 heteroatoms. The predicted octanol–water partition coefficient (Wildman–Crippen LogP) is 4.71. The van der Waals surface area contributed by atoms with Crippen LogP contribution in [0.1, 0.15) is 38.8 Å². The summed E-state index contributed by atoms with van der Waals surface area (Å²) in [6.45, 7) is 8.40. The highest BCUT2D eigenvalue weighted by atomic mass is 16.7. The van der Waals surface area contributed by atoms with E-state index in [4.69, 9.17) is 9.31 Å². The van der Waals surface area contributed by atoms with Crippen molar-refractivity contribution in [1.29, 1.82) is 0 Å². The summed E-state index contributed by atoms with van der Waals surface area (Å²) in [5, 5.41) is 2.60. The van der Waals surface area contributed by atoms with Crippen LogP contribution in [0.2, 0.25) is 0 Å². The van der Waals surface area contributed by atoms with Gasteiger partial charge in [0.1, 0.15) is 0 Å². The first kappa shape index (κ1) is 16.1. The summed E-state index contributed by atoms with van der Waals surface area (Å²) in [5.41, 5.74) is 5.93. The van der Waals surface area contributed by atoms with Gasteiger partial charge in [-0.15, -0.1) is 0 Å². The maximum Gasteiger partial charge on any atom is 0.494 e. The Kier molecular flexibility index (Phi) is 3.23. The van der Waals surface area contributed by atoms with Gasteiger partial charge in [-0.2, -0.15) is 0 Å². The van der Waals surface area contributed by atoms with E-state index in [-0.39, 0.29) is 18.3 Å². The van der Waals surface area contributed by atoms with Gasteiger partial charge in [0.2, 0.25) is 0 Å². The molecule has 1 aliphatic carbocycles. The van der Waals surface area contributed by atoms with Gasteiger partial charge in [0, 0.05) is 0 Å². The molecule has 2 aliphatic rings. The van der Waals surface area contributed by atoms with Crippen LogP contribution in [0.4, 0.5) is 0 Å². The van der Waals surface area contributed by atoms with Gasteiger partial charge >= 0.3 is 7.12 Å². The lowest BCUT2D eigenvalue weighted by Gasteiger charge is -2.32. The van der Waals surface area contributed by atoms with Crippen molar-refractivity contribution < 1.29 is 9.31 Å². The SMILES string of the molecule is CC1(C)OB(c2ccc3c(c2)-c2cc4ccccc4cc2C3)OC1(C)C. The highest BCUT2D eigenvalue weighted by Gasteiger charge is 2.51. The van der Waals surface area contributed by atoms with E-state index in [0.717, 1.165) is 11.9 Å². The predicted molar refractivity (Wildman–Crippen MR) is 108 cm³/mol. The standard InChI is InChI=1S/C23H23BO2/c1-22(2)23(3,4)26-24(25-22)19-10-9-17-12-18-11-15-7-5-6-8-16(15)13-20(18)21(17)14-19/h5-11,13-14H,12H2,1-4H3. The van der Waals surface area contributed by atoms with Gasteiger partial charge < -0.3 is 9.31 Å². The third-order valence-electron chi connectivity index (χ3n) is 6.30. The van der Waals surface area contributed by atoms with Crippen LogP contribution in [0.5, 0.6) is 0 Å². The van der Waals surface area contributed by atoms with Crippen LogP contribution in [0.25, 0.3) is 21.9 Å². The van der Waals surface area contributed by atoms with Crippen molar-refractivity contribution in [1.82, 2.24) is 0 Å². The van der Waals surface area contributed by atoms with Crippen LogP contribution in [-0.2, 0) is 15.7 Å². The highest BCUT2D eigenvalue weighted by molar-refractivity contribution is 6.62. The third-order valence-corrected chi connectivity index (χ3v) is 6.30. The minimum absolute atomic E-state index is 0.310. The maximum absolute atomic E-state index is 6.25. The zero-order valence-electron chi connectivity index (χ0n) is 15.8. The fourth-order valence-electron chi connectivity index (χ4n) is 4.01. The second-order valence-electron chi connectivity index (χ2n) is 8.54. The lowest BCUT2D eigenvalue weighted by Crippen LogP contribution is -2.41. The Morgan fingerprint density at radius 1 is 0.731 bits per heavy atom.